The molecule has 3 nitrogen and oxygen atoms in total. The van der Waals surface area contributed by atoms with Gasteiger partial charge < -0.3 is 9.84 Å². The van der Waals surface area contributed by atoms with E-state index in [1.807, 2.05) is 13.8 Å². The Morgan fingerprint density at radius 2 is 1.88 bits per heavy atom. The van der Waals surface area contributed by atoms with Crippen molar-refractivity contribution in [1.29, 1.82) is 0 Å². The fraction of sp³-hybridized carbons (Fsp3) is 0.923. The minimum absolute atomic E-state index is 0.106. The van der Waals surface area contributed by atoms with Crippen LogP contribution in [0.2, 0.25) is 0 Å². The Morgan fingerprint density at radius 1 is 1.25 bits per heavy atom. The van der Waals surface area contributed by atoms with Gasteiger partial charge in [0.05, 0.1) is 12.0 Å². The quantitative estimate of drug-likeness (QED) is 0.515. The van der Waals surface area contributed by atoms with E-state index in [1.165, 1.54) is 0 Å². The summed E-state index contributed by atoms with van der Waals surface area (Å²) in [7, 11) is 0. The summed E-state index contributed by atoms with van der Waals surface area (Å²) in [6.45, 7) is 8.77. The first-order valence-electron chi connectivity index (χ1n) is 6.18. The maximum Gasteiger partial charge on any atom is 0.311 e. The van der Waals surface area contributed by atoms with Gasteiger partial charge in [0.2, 0.25) is 0 Å². The van der Waals surface area contributed by atoms with E-state index in [2.05, 4.69) is 13.8 Å². The van der Waals surface area contributed by atoms with E-state index in [0.717, 1.165) is 25.7 Å². The lowest BCUT2D eigenvalue weighted by Gasteiger charge is -2.24. The third-order valence-electron chi connectivity index (χ3n) is 2.51. The van der Waals surface area contributed by atoms with Gasteiger partial charge in [-0.3, -0.25) is 4.79 Å². The lowest BCUT2D eigenvalue weighted by atomic mass is 9.84. The monoisotopic (exact) mass is 230 g/mol. The Hall–Kier alpha value is -0.570. The van der Waals surface area contributed by atoms with Gasteiger partial charge in [0, 0.05) is 6.61 Å². The number of rotatable bonds is 8. The number of aliphatic hydroxyl groups excluding tert-OH is 1. The van der Waals surface area contributed by atoms with Crippen LogP contribution in [0.25, 0.3) is 0 Å². The maximum absolute atomic E-state index is 11.8. The molecule has 0 fully saturated rings. The van der Waals surface area contributed by atoms with Crippen LogP contribution < -0.4 is 0 Å². The fourth-order valence-electron chi connectivity index (χ4n) is 1.85. The van der Waals surface area contributed by atoms with Gasteiger partial charge in [-0.2, -0.15) is 0 Å². The number of aliphatic hydroxyl groups is 1. The zero-order valence-corrected chi connectivity index (χ0v) is 11.1. The van der Waals surface area contributed by atoms with Crippen LogP contribution >= 0.6 is 0 Å². The molecule has 0 heterocycles. The Balaban J connectivity index is 3.78. The Bertz CT molecular complexity index is 197. The number of hydrogen-bond acceptors (Lipinski definition) is 3. The third-order valence-corrected chi connectivity index (χ3v) is 2.51. The molecule has 16 heavy (non-hydrogen) atoms. The lowest BCUT2D eigenvalue weighted by Crippen LogP contribution is -2.28. The van der Waals surface area contributed by atoms with Crippen LogP contribution in [-0.2, 0) is 9.53 Å². The highest BCUT2D eigenvalue weighted by Gasteiger charge is 2.29. The lowest BCUT2D eigenvalue weighted by molar-refractivity contribution is -0.155. The topological polar surface area (TPSA) is 46.5 Å². The summed E-state index contributed by atoms with van der Waals surface area (Å²) in [4.78, 5) is 11.8. The number of carbonyl (C=O) groups excluding carboxylic acids is 1. The van der Waals surface area contributed by atoms with Crippen LogP contribution in [0.1, 0.15) is 53.4 Å². The van der Waals surface area contributed by atoms with Crippen LogP contribution in [0.4, 0.5) is 0 Å². The molecule has 0 rings (SSSR count). The number of carbonyl (C=O) groups is 1. The molecule has 0 atom stereocenters. The molecule has 0 aliphatic heterocycles. The summed E-state index contributed by atoms with van der Waals surface area (Å²) in [5.41, 5.74) is -0.384. The number of hydrogen-bond donors (Lipinski definition) is 1. The molecule has 0 unspecified atom stereocenters. The Morgan fingerprint density at radius 3 is 2.38 bits per heavy atom. The van der Waals surface area contributed by atoms with Gasteiger partial charge in [0.1, 0.15) is 0 Å². The van der Waals surface area contributed by atoms with E-state index in [0.29, 0.717) is 12.5 Å². The van der Waals surface area contributed by atoms with Gasteiger partial charge in [-0.05, 0) is 45.4 Å². The molecule has 0 saturated heterocycles. The van der Waals surface area contributed by atoms with Crippen LogP contribution in [0, 0.1) is 11.3 Å². The van der Waals surface area contributed by atoms with Crippen LogP contribution in [-0.4, -0.2) is 24.3 Å². The van der Waals surface area contributed by atoms with Gasteiger partial charge in [-0.1, -0.05) is 13.8 Å². The maximum atomic E-state index is 11.8. The van der Waals surface area contributed by atoms with E-state index in [4.69, 9.17) is 9.84 Å². The van der Waals surface area contributed by atoms with Crippen molar-refractivity contribution in [3.8, 4) is 0 Å². The van der Waals surface area contributed by atoms with E-state index in [1.54, 1.807) is 0 Å². The second-order valence-corrected chi connectivity index (χ2v) is 5.40. The molecule has 0 amide bonds. The van der Waals surface area contributed by atoms with Gasteiger partial charge >= 0.3 is 5.97 Å². The van der Waals surface area contributed by atoms with Gasteiger partial charge in [0.25, 0.3) is 0 Å². The minimum Gasteiger partial charge on any atom is -0.465 e. The molecule has 0 aromatic carbocycles. The first-order chi connectivity index (χ1) is 7.40. The summed E-state index contributed by atoms with van der Waals surface area (Å²) in [6.07, 6.45) is 3.38. The second-order valence-electron chi connectivity index (χ2n) is 5.40. The first-order valence-corrected chi connectivity index (χ1v) is 6.18. The minimum atomic E-state index is -0.384. The average molecular weight is 230 g/mol. The molecule has 0 aromatic rings. The first kappa shape index (κ1) is 15.4. The van der Waals surface area contributed by atoms with Crippen molar-refractivity contribution in [2.45, 2.75) is 53.4 Å². The summed E-state index contributed by atoms with van der Waals surface area (Å²) in [6, 6.07) is 0. The number of ether oxygens (including phenoxy) is 1. The second kappa shape index (κ2) is 7.66. The van der Waals surface area contributed by atoms with Crippen molar-refractivity contribution in [3.05, 3.63) is 0 Å². The Labute approximate surface area is 99.2 Å². The SMILES string of the molecule is CC(C)CC(C)(C)C(=O)OCCCCCO. The summed E-state index contributed by atoms with van der Waals surface area (Å²) < 4.78 is 5.23. The Kier molecular flexibility index (Phi) is 7.39. The molecule has 96 valence electrons. The molecule has 0 aromatic heterocycles. The van der Waals surface area contributed by atoms with Gasteiger partial charge in [-0.25, -0.2) is 0 Å². The fourth-order valence-corrected chi connectivity index (χ4v) is 1.85. The highest BCUT2D eigenvalue weighted by molar-refractivity contribution is 5.75. The summed E-state index contributed by atoms with van der Waals surface area (Å²) in [5, 5.41) is 8.60. The molecule has 0 radical (unpaired) electrons. The highest BCUT2D eigenvalue weighted by atomic mass is 16.5. The number of unbranched alkanes of at least 4 members (excludes halogenated alkanes) is 2. The predicted octanol–water partition coefficient (Wildman–Crippen LogP) is 2.76. The normalized spacial score (nSPS) is 11.9. The molecule has 0 aliphatic carbocycles. The number of esters is 1. The predicted molar refractivity (Wildman–Crippen MR) is 65.1 cm³/mol. The average Bonchev–Trinajstić information content (AvgIpc) is 2.15. The highest BCUT2D eigenvalue weighted by Crippen LogP contribution is 2.26. The smallest absolute Gasteiger partial charge is 0.311 e. The molecule has 0 spiro atoms. The molecule has 1 N–H and O–H groups in total. The van der Waals surface area contributed by atoms with Crippen molar-refractivity contribution >= 4 is 5.97 Å². The van der Waals surface area contributed by atoms with Gasteiger partial charge in [0.15, 0.2) is 0 Å². The molecular formula is C13H26O3. The van der Waals surface area contributed by atoms with Crippen molar-refractivity contribution in [3.63, 3.8) is 0 Å². The van der Waals surface area contributed by atoms with Crippen molar-refractivity contribution in [2.75, 3.05) is 13.2 Å². The van der Waals surface area contributed by atoms with E-state index >= 15 is 0 Å². The van der Waals surface area contributed by atoms with E-state index in [9.17, 15) is 4.79 Å². The zero-order chi connectivity index (χ0) is 12.6. The standard InChI is InChI=1S/C13H26O3/c1-11(2)10-13(3,4)12(15)16-9-7-5-6-8-14/h11,14H,5-10H2,1-4H3. The molecule has 3 heteroatoms. The van der Waals surface area contributed by atoms with E-state index < -0.39 is 0 Å². The van der Waals surface area contributed by atoms with Crippen molar-refractivity contribution in [2.24, 2.45) is 11.3 Å². The van der Waals surface area contributed by atoms with Crippen LogP contribution in [0.5, 0.6) is 0 Å². The molecule has 0 aliphatic rings. The van der Waals surface area contributed by atoms with Crippen LogP contribution in [0.15, 0.2) is 0 Å². The molecule has 0 saturated carbocycles. The van der Waals surface area contributed by atoms with Crippen molar-refractivity contribution < 1.29 is 14.6 Å². The van der Waals surface area contributed by atoms with Crippen LogP contribution in [0.3, 0.4) is 0 Å². The molecule has 0 bridgehead atoms. The van der Waals surface area contributed by atoms with E-state index in [-0.39, 0.29) is 18.0 Å². The largest absolute Gasteiger partial charge is 0.465 e. The van der Waals surface area contributed by atoms with Gasteiger partial charge in [-0.15, -0.1) is 0 Å². The third kappa shape index (κ3) is 6.83. The summed E-state index contributed by atoms with van der Waals surface area (Å²) in [5.74, 6) is 0.391. The summed E-state index contributed by atoms with van der Waals surface area (Å²) >= 11 is 0. The van der Waals surface area contributed by atoms with Crippen molar-refractivity contribution in [1.82, 2.24) is 0 Å². The zero-order valence-electron chi connectivity index (χ0n) is 11.1. The molecular weight excluding hydrogens is 204 g/mol.